The molecule has 17 heavy (non-hydrogen) atoms. The summed E-state index contributed by atoms with van der Waals surface area (Å²) >= 11 is 0. The highest BCUT2D eigenvalue weighted by molar-refractivity contribution is 5.10. The third kappa shape index (κ3) is 6.19. The summed E-state index contributed by atoms with van der Waals surface area (Å²) in [6.07, 6.45) is 3.89. The van der Waals surface area contributed by atoms with E-state index in [1.54, 1.807) is 0 Å². The fourth-order valence-corrected chi connectivity index (χ4v) is 1.44. The molecule has 0 unspecified atom stereocenters. The van der Waals surface area contributed by atoms with Crippen LogP contribution < -0.4 is 5.32 Å². The summed E-state index contributed by atoms with van der Waals surface area (Å²) in [5.41, 5.74) is 2.06. The smallest absolute Gasteiger partial charge is 0.0888 e. The third-order valence-electron chi connectivity index (χ3n) is 2.31. The molecule has 0 bridgehead atoms. The van der Waals surface area contributed by atoms with E-state index in [0.717, 1.165) is 37.3 Å². The third-order valence-corrected chi connectivity index (χ3v) is 2.31. The highest BCUT2D eigenvalue weighted by Crippen LogP contribution is 2.01. The molecule has 0 atom stereocenters. The van der Waals surface area contributed by atoms with Crippen molar-refractivity contribution in [2.45, 2.75) is 32.9 Å². The van der Waals surface area contributed by atoms with E-state index in [1.165, 1.54) is 0 Å². The van der Waals surface area contributed by atoms with Crippen LogP contribution in [0.1, 0.15) is 31.2 Å². The summed E-state index contributed by atoms with van der Waals surface area (Å²) in [4.78, 5) is 4.53. The number of ether oxygens (including phenoxy) is 1. The van der Waals surface area contributed by atoms with E-state index in [9.17, 15) is 0 Å². The van der Waals surface area contributed by atoms with Gasteiger partial charge in [0.05, 0.1) is 24.6 Å². The van der Waals surface area contributed by atoms with Crippen LogP contribution in [0.3, 0.4) is 0 Å². The van der Waals surface area contributed by atoms with E-state index < -0.39 is 0 Å². The van der Waals surface area contributed by atoms with Crippen LogP contribution in [0.25, 0.3) is 0 Å². The van der Waals surface area contributed by atoms with Crippen molar-refractivity contribution in [1.82, 2.24) is 10.3 Å². The van der Waals surface area contributed by atoms with Crippen molar-refractivity contribution in [3.63, 3.8) is 0 Å². The minimum Gasteiger partial charge on any atom is -0.375 e. The maximum Gasteiger partial charge on any atom is 0.0888 e. The normalized spacial score (nSPS) is 10.4. The number of aromatic nitrogens is 1. The molecule has 0 amide bonds. The Morgan fingerprint density at radius 1 is 1.41 bits per heavy atom. The molecular weight excluding hydrogens is 212 g/mol. The largest absolute Gasteiger partial charge is 0.375 e. The van der Waals surface area contributed by atoms with Gasteiger partial charge in [0.2, 0.25) is 0 Å². The predicted molar refractivity (Wildman–Crippen MR) is 70.7 cm³/mol. The van der Waals surface area contributed by atoms with Crippen LogP contribution >= 0.6 is 0 Å². The topological polar surface area (TPSA) is 34.1 Å². The molecule has 0 aliphatic carbocycles. The second-order valence-electron chi connectivity index (χ2n) is 3.93. The zero-order chi connectivity index (χ0) is 12.3. The average molecular weight is 234 g/mol. The van der Waals surface area contributed by atoms with Gasteiger partial charge in [0.1, 0.15) is 0 Å². The van der Waals surface area contributed by atoms with Gasteiger partial charge in [-0.2, -0.15) is 0 Å². The van der Waals surface area contributed by atoms with Crippen molar-refractivity contribution < 1.29 is 4.74 Å². The summed E-state index contributed by atoms with van der Waals surface area (Å²) in [5, 5.41) is 3.34. The van der Waals surface area contributed by atoms with Gasteiger partial charge in [0.25, 0.3) is 0 Å². The number of rotatable bonds is 9. The van der Waals surface area contributed by atoms with E-state index in [2.05, 4.69) is 23.8 Å². The lowest BCUT2D eigenvalue weighted by Crippen LogP contribution is -2.15. The Morgan fingerprint density at radius 2 is 2.24 bits per heavy atom. The standard InChI is InChI=1S/C14H22N2O/c1-3-5-10-17-12-14-8-6-7-13(16-14)11-15-9-4-2/h3,6-8,15H,1,4-5,9-12H2,2H3. The van der Waals surface area contributed by atoms with Gasteiger partial charge in [-0.15, -0.1) is 6.58 Å². The van der Waals surface area contributed by atoms with Gasteiger partial charge in [0, 0.05) is 6.54 Å². The second kappa shape index (κ2) is 8.90. The summed E-state index contributed by atoms with van der Waals surface area (Å²) in [6, 6.07) is 6.06. The summed E-state index contributed by atoms with van der Waals surface area (Å²) in [7, 11) is 0. The first-order chi connectivity index (χ1) is 8.36. The lowest BCUT2D eigenvalue weighted by molar-refractivity contribution is 0.122. The first-order valence-corrected chi connectivity index (χ1v) is 6.21. The molecule has 3 heteroatoms. The molecule has 1 rings (SSSR count). The van der Waals surface area contributed by atoms with Crippen molar-refractivity contribution in [3.8, 4) is 0 Å². The molecule has 0 aliphatic heterocycles. The highest BCUT2D eigenvalue weighted by atomic mass is 16.5. The molecular formula is C14H22N2O. The molecule has 0 aromatic carbocycles. The Hall–Kier alpha value is -1.19. The quantitative estimate of drug-likeness (QED) is 0.527. The van der Waals surface area contributed by atoms with Crippen LogP contribution in [0.4, 0.5) is 0 Å². The minimum absolute atomic E-state index is 0.579. The Kier molecular flexibility index (Phi) is 7.27. The van der Waals surface area contributed by atoms with Crippen LogP contribution in [0.15, 0.2) is 30.9 Å². The van der Waals surface area contributed by atoms with Gasteiger partial charge in [0.15, 0.2) is 0 Å². The Morgan fingerprint density at radius 3 is 3.00 bits per heavy atom. The first-order valence-electron chi connectivity index (χ1n) is 6.21. The van der Waals surface area contributed by atoms with Gasteiger partial charge in [-0.3, -0.25) is 4.98 Å². The summed E-state index contributed by atoms with van der Waals surface area (Å²) in [5.74, 6) is 0. The van der Waals surface area contributed by atoms with Gasteiger partial charge < -0.3 is 10.1 Å². The number of pyridine rings is 1. The van der Waals surface area contributed by atoms with Crippen molar-refractivity contribution in [1.29, 1.82) is 0 Å². The Labute approximate surface area is 104 Å². The van der Waals surface area contributed by atoms with Gasteiger partial charge in [-0.25, -0.2) is 0 Å². The van der Waals surface area contributed by atoms with Crippen molar-refractivity contribution in [3.05, 3.63) is 42.2 Å². The maximum atomic E-state index is 5.49. The summed E-state index contributed by atoms with van der Waals surface area (Å²) < 4.78 is 5.49. The van der Waals surface area contributed by atoms with Crippen LogP contribution in [-0.2, 0) is 17.9 Å². The maximum absolute atomic E-state index is 5.49. The van der Waals surface area contributed by atoms with E-state index in [1.807, 2.05) is 24.3 Å². The van der Waals surface area contributed by atoms with Crippen molar-refractivity contribution in [2.75, 3.05) is 13.2 Å². The SMILES string of the molecule is C=CCCOCc1cccc(CNCCC)n1. The second-order valence-corrected chi connectivity index (χ2v) is 3.93. The zero-order valence-electron chi connectivity index (χ0n) is 10.6. The van der Waals surface area contributed by atoms with Gasteiger partial charge in [-0.05, 0) is 31.5 Å². The molecule has 1 heterocycles. The highest BCUT2D eigenvalue weighted by Gasteiger charge is 1.97. The van der Waals surface area contributed by atoms with Crippen LogP contribution in [-0.4, -0.2) is 18.1 Å². The molecule has 0 aliphatic rings. The molecule has 1 N–H and O–H groups in total. The number of nitrogens with zero attached hydrogens (tertiary/aromatic N) is 1. The Bertz CT molecular complexity index is 326. The number of hydrogen-bond acceptors (Lipinski definition) is 3. The molecule has 1 aromatic heterocycles. The minimum atomic E-state index is 0.579. The van der Waals surface area contributed by atoms with Gasteiger partial charge in [-0.1, -0.05) is 19.1 Å². The fraction of sp³-hybridized carbons (Fsp3) is 0.500. The molecule has 3 nitrogen and oxygen atoms in total. The fourth-order valence-electron chi connectivity index (χ4n) is 1.44. The molecule has 1 aromatic rings. The lowest BCUT2D eigenvalue weighted by Gasteiger charge is -2.06. The van der Waals surface area contributed by atoms with E-state index >= 15 is 0 Å². The zero-order valence-corrected chi connectivity index (χ0v) is 10.6. The summed E-state index contributed by atoms with van der Waals surface area (Å²) in [6.45, 7) is 8.96. The van der Waals surface area contributed by atoms with Crippen LogP contribution in [0.2, 0.25) is 0 Å². The monoisotopic (exact) mass is 234 g/mol. The molecule has 0 radical (unpaired) electrons. The van der Waals surface area contributed by atoms with Crippen LogP contribution in [0, 0.1) is 0 Å². The molecule has 0 saturated heterocycles. The molecule has 94 valence electrons. The number of nitrogens with one attached hydrogen (secondary N) is 1. The van der Waals surface area contributed by atoms with Crippen molar-refractivity contribution >= 4 is 0 Å². The molecule has 0 spiro atoms. The number of hydrogen-bond donors (Lipinski definition) is 1. The average Bonchev–Trinajstić information content (AvgIpc) is 2.36. The van der Waals surface area contributed by atoms with Crippen molar-refractivity contribution in [2.24, 2.45) is 0 Å². The molecule has 0 saturated carbocycles. The van der Waals surface area contributed by atoms with E-state index in [4.69, 9.17) is 4.74 Å². The van der Waals surface area contributed by atoms with E-state index in [-0.39, 0.29) is 0 Å². The lowest BCUT2D eigenvalue weighted by atomic mass is 10.3. The first kappa shape index (κ1) is 13.9. The van der Waals surface area contributed by atoms with Gasteiger partial charge >= 0.3 is 0 Å². The molecule has 0 fully saturated rings. The van der Waals surface area contributed by atoms with E-state index in [0.29, 0.717) is 13.2 Å². The Balaban J connectivity index is 2.34. The van der Waals surface area contributed by atoms with Crippen LogP contribution in [0.5, 0.6) is 0 Å². The predicted octanol–water partition coefficient (Wildman–Crippen LogP) is 2.67.